The normalized spacial score (nSPS) is 10.6. The van der Waals surface area contributed by atoms with E-state index in [1.807, 2.05) is 54.6 Å². The molecule has 0 atom stereocenters. The summed E-state index contributed by atoms with van der Waals surface area (Å²) in [6.07, 6.45) is 4.93. The number of hydrogen-bond acceptors (Lipinski definition) is 4. The van der Waals surface area contributed by atoms with Crippen LogP contribution in [0.1, 0.15) is 21.5 Å². The SMILES string of the molecule is O=C(N/N=C\c1ccncc1)c1ccc(CNc2ccccc2)cc1. The molecule has 2 aromatic carbocycles. The number of aromatic nitrogens is 1. The Morgan fingerprint density at radius 2 is 1.68 bits per heavy atom. The van der Waals surface area contributed by atoms with Crippen LogP contribution in [-0.2, 0) is 6.54 Å². The van der Waals surface area contributed by atoms with Crippen molar-refractivity contribution < 1.29 is 4.79 Å². The molecule has 5 nitrogen and oxygen atoms in total. The van der Waals surface area contributed by atoms with Crippen LogP contribution in [0.5, 0.6) is 0 Å². The van der Waals surface area contributed by atoms with Gasteiger partial charge in [0.1, 0.15) is 0 Å². The van der Waals surface area contributed by atoms with Crippen molar-refractivity contribution in [3.63, 3.8) is 0 Å². The van der Waals surface area contributed by atoms with Crippen molar-refractivity contribution in [1.82, 2.24) is 10.4 Å². The first kappa shape index (κ1) is 16.4. The Morgan fingerprint density at radius 1 is 0.960 bits per heavy atom. The van der Waals surface area contributed by atoms with E-state index in [1.54, 1.807) is 30.7 Å². The number of hydrazone groups is 1. The third-order valence-corrected chi connectivity index (χ3v) is 3.57. The fraction of sp³-hybridized carbons (Fsp3) is 0.0500. The van der Waals surface area contributed by atoms with Crippen LogP contribution in [0, 0.1) is 0 Å². The number of nitrogens with zero attached hydrogens (tertiary/aromatic N) is 2. The maximum absolute atomic E-state index is 12.1. The maximum Gasteiger partial charge on any atom is 0.271 e. The zero-order valence-electron chi connectivity index (χ0n) is 13.6. The molecule has 124 valence electrons. The molecule has 0 aliphatic heterocycles. The molecule has 0 fully saturated rings. The van der Waals surface area contributed by atoms with Gasteiger partial charge in [-0.2, -0.15) is 5.10 Å². The standard InChI is InChI=1S/C20H18N4O/c25-20(24-23-15-17-10-12-21-13-11-17)18-8-6-16(7-9-18)14-22-19-4-2-1-3-5-19/h1-13,15,22H,14H2,(H,24,25)/b23-15-. The summed E-state index contributed by atoms with van der Waals surface area (Å²) in [4.78, 5) is 16.0. The summed E-state index contributed by atoms with van der Waals surface area (Å²) in [5, 5.41) is 7.28. The van der Waals surface area contributed by atoms with Crippen LogP contribution in [0.4, 0.5) is 5.69 Å². The summed E-state index contributed by atoms with van der Waals surface area (Å²) >= 11 is 0. The molecule has 3 aromatic rings. The number of anilines is 1. The van der Waals surface area contributed by atoms with E-state index in [0.29, 0.717) is 12.1 Å². The summed E-state index contributed by atoms with van der Waals surface area (Å²) < 4.78 is 0. The number of benzene rings is 2. The van der Waals surface area contributed by atoms with Crippen molar-refractivity contribution >= 4 is 17.8 Å². The third-order valence-electron chi connectivity index (χ3n) is 3.57. The van der Waals surface area contributed by atoms with Gasteiger partial charge in [0, 0.05) is 30.2 Å². The molecule has 1 aromatic heterocycles. The van der Waals surface area contributed by atoms with Crippen molar-refractivity contribution in [1.29, 1.82) is 0 Å². The van der Waals surface area contributed by atoms with Crippen molar-refractivity contribution in [3.05, 3.63) is 95.8 Å². The minimum Gasteiger partial charge on any atom is -0.381 e. The Hall–Kier alpha value is -3.47. The van der Waals surface area contributed by atoms with Gasteiger partial charge < -0.3 is 5.32 Å². The molecule has 25 heavy (non-hydrogen) atoms. The fourth-order valence-electron chi connectivity index (χ4n) is 2.21. The van der Waals surface area contributed by atoms with Crippen LogP contribution < -0.4 is 10.7 Å². The lowest BCUT2D eigenvalue weighted by molar-refractivity contribution is 0.0955. The van der Waals surface area contributed by atoms with Crippen molar-refractivity contribution in [2.45, 2.75) is 6.54 Å². The Morgan fingerprint density at radius 3 is 2.40 bits per heavy atom. The van der Waals surface area contributed by atoms with Crippen molar-refractivity contribution in [2.75, 3.05) is 5.32 Å². The zero-order chi connectivity index (χ0) is 17.3. The quantitative estimate of drug-likeness (QED) is 0.537. The first-order valence-corrected chi connectivity index (χ1v) is 7.92. The van der Waals surface area contributed by atoms with E-state index in [4.69, 9.17) is 0 Å². The molecule has 0 radical (unpaired) electrons. The number of para-hydroxylation sites is 1. The average molecular weight is 330 g/mol. The van der Waals surface area contributed by atoms with Crippen molar-refractivity contribution in [2.24, 2.45) is 5.10 Å². The highest BCUT2D eigenvalue weighted by atomic mass is 16.2. The van der Waals surface area contributed by atoms with Gasteiger partial charge in [0.2, 0.25) is 0 Å². The van der Waals surface area contributed by atoms with Gasteiger partial charge in [-0.3, -0.25) is 9.78 Å². The van der Waals surface area contributed by atoms with E-state index >= 15 is 0 Å². The van der Waals surface area contributed by atoms with Gasteiger partial charge in [-0.15, -0.1) is 0 Å². The van der Waals surface area contributed by atoms with Gasteiger partial charge >= 0.3 is 0 Å². The van der Waals surface area contributed by atoms with Gasteiger partial charge in [0.25, 0.3) is 5.91 Å². The molecule has 0 aliphatic rings. The molecule has 0 saturated carbocycles. The summed E-state index contributed by atoms with van der Waals surface area (Å²) in [6.45, 7) is 0.701. The fourth-order valence-corrected chi connectivity index (χ4v) is 2.21. The molecular formula is C20H18N4O. The minimum atomic E-state index is -0.243. The number of hydrogen-bond donors (Lipinski definition) is 2. The van der Waals surface area contributed by atoms with E-state index in [-0.39, 0.29) is 5.91 Å². The monoisotopic (exact) mass is 330 g/mol. The highest BCUT2D eigenvalue weighted by Gasteiger charge is 2.04. The van der Waals surface area contributed by atoms with E-state index in [9.17, 15) is 4.79 Å². The van der Waals surface area contributed by atoms with Crippen LogP contribution >= 0.6 is 0 Å². The molecule has 0 saturated heterocycles. The molecule has 0 bridgehead atoms. The zero-order valence-corrected chi connectivity index (χ0v) is 13.6. The molecule has 0 unspecified atom stereocenters. The molecular weight excluding hydrogens is 312 g/mol. The number of pyridine rings is 1. The first-order valence-electron chi connectivity index (χ1n) is 7.92. The first-order chi connectivity index (χ1) is 12.3. The largest absolute Gasteiger partial charge is 0.381 e. The second-order valence-electron chi connectivity index (χ2n) is 5.40. The van der Waals surface area contributed by atoms with E-state index in [2.05, 4.69) is 20.8 Å². The van der Waals surface area contributed by atoms with Crippen LogP contribution in [0.2, 0.25) is 0 Å². The van der Waals surface area contributed by atoms with E-state index < -0.39 is 0 Å². The highest BCUT2D eigenvalue weighted by molar-refractivity contribution is 5.94. The van der Waals surface area contributed by atoms with Crippen LogP contribution in [0.15, 0.2) is 84.2 Å². The van der Waals surface area contributed by atoms with Gasteiger partial charge in [-0.1, -0.05) is 30.3 Å². The van der Waals surface area contributed by atoms with E-state index in [1.165, 1.54) is 0 Å². The smallest absolute Gasteiger partial charge is 0.271 e. The van der Waals surface area contributed by atoms with Gasteiger partial charge in [-0.25, -0.2) is 5.43 Å². The molecule has 3 rings (SSSR count). The number of nitrogens with one attached hydrogen (secondary N) is 2. The summed E-state index contributed by atoms with van der Waals surface area (Å²) in [7, 11) is 0. The Labute approximate surface area is 146 Å². The molecule has 2 N–H and O–H groups in total. The Balaban J connectivity index is 1.52. The topological polar surface area (TPSA) is 66.4 Å². The lowest BCUT2D eigenvalue weighted by Gasteiger charge is -2.07. The lowest BCUT2D eigenvalue weighted by atomic mass is 10.1. The molecule has 0 aliphatic carbocycles. The summed E-state index contributed by atoms with van der Waals surface area (Å²) in [5.41, 5.74) is 6.12. The summed E-state index contributed by atoms with van der Waals surface area (Å²) in [6, 6.07) is 21.0. The number of amides is 1. The second kappa shape index (κ2) is 8.40. The molecule has 1 heterocycles. The maximum atomic E-state index is 12.1. The average Bonchev–Trinajstić information content (AvgIpc) is 2.68. The van der Waals surface area contributed by atoms with E-state index in [0.717, 1.165) is 16.8 Å². The van der Waals surface area contributed by atoms with Crippen LogP contribution in [0.25, 0.3) is 0 Å². The molecule has 1 amide bonds. The predicted octanol–water partition coefficient (Wildman–Crippen LogP) is 3.46. The van der Waals surface area contributed by atoms with Gasteiger partial charge in [-0.05, 0) is 47.5 Å². The second-order valence-corrected chi connectivity index (χ2v) is 5.40. The number of rotatable bonds is 6. The summed E-state index contributed by atoms with van der Waals surface area (Å²) in [5.74, 6) is -0.243. The van der Waals surface area contributed by atoms with Gasteiger partial charge in [0.05, 0.1) is 6.21 Å². The highest BCUT2D eigenvalue weighted by Crippen LogP contribution is 2.09. The molecule has 0 spiro atoms. The van der Waals surface area contributed by atoms with Crippen LogP contribution in [-0.4, -0.2) is 17.1 Å². The molecule has 5 heteroatoms. The predicted molar refractivity (Wildman–Crippen MR) is 99.5 cm³/mol. The Kier molecular flexibility index (Phi) is 5.51. The number of carbonyl (C=O) groups is 1. The van der Waals surface area contributed by atoms with Crippen molar-refractivity contribution in [3.8, 4) is 0 Å². The van der Waals surface area contributed by atoms with Gasteiger partial charge in [0.15, 0.2) is 0 Å². The lowest BCUT2D eigenvalue weighted by Crippen LogP contribution is -2.17. The minimum absolute atomic E-state index is 0.243. The van der Waals surface area contributed by atoms with Crippen LogP contribution in [0.3, 0.4) is 0 Å². The third kappa shape index (κ3) is 5.00. The Bertz CT molecular complexity index is 831. The number of carbonyl (C=O) groups excluding carboxylic acids is 1.